The van der Waals surface area contributed by atoms with E-state index in [2.05, 4.69) is 10.6 Å². The molecule has 0 fully saturated rings. The summed E-state index contributed by atoms with van der Waals surface area (Å²) in [7, 11) is 1.34. The lowest BCUT2D eigenvalue weighted by Crippen LogP contribution is -2.52. The van der Waals surface area contributed by atoms with E-state index in [1.54, 1.807) is 27.7 Å². The van der Waals surface area contributed by atoms with Crippen LogP contribution in [0.4, 0.5) is 4.79 Å². The lowest BCUT2D eigenvalue weighted by Gasteiger charge is -2.25. The highest BCUT2D eigenvalue weighted by Crippen LogP contribution is 2.07. The Morgan fingerprint density at radius 2 is 1.78 bits per heavy atom. The Kier molecular flexibility index (Phi) is 7.03. The van der Waals surface area contributed by atoms with Crippen molar-refractivity contribution in [2.24, 2.45) is 0 Å². The molecule has 1 unspecified atom stereocenters. The van der Waals surface area contributed by atoms with E-state index in [1.807, 2.05) is 30.3 Å². The molecule has 6 heteroatoms. The molecule has 0 saturated heterocycles. The summed E-state index contributed by atoms with van der Waals surface area (Å²) < 4.78 is 10.0. The summed E-state index contributed by atoms with van der Waals surface area (Å²) in [4.78, 5) is 23.7. The fourth-order valence-electron chi connectivity index (χ4n) is 2.03. The molecule has 0 aliphatic heterocycles. The van der Waals surface area contributed by atoms with Crippen molar-refractivity contribution in [2.45, 2.75) is 51.9 Å². The van der Waals surface area contributed by atoms with Crippen LogP contribution in [0.3, 0.4) is 0 Å². The standard InChI is InChI=1S/C17H26N2O4/c1-12(19-16(21)23-17(2,3)4)18-14(15(20)22-5)11-13-9-7-6-8-10-13/h6-10,12,14,18H,11H2,1-5H3,(H,19,21)/t12?,14-/m0/s1. The Morgan fingerprint density at radius 3 is 2.30 bits per heavy atom. The maximum Gasteiger partial charge on any atom is 0.408 e. The number of carbonyl (C=O) groups is 2. The summed E-state index contributed by atoms with van der Waals surface area (Å²) in [5, 5.41) is 5.70. The summed E-state index contributed by atoms with van der Waals surface area (Å²) in [6.07, 6.45) is -0.521. The first-order valence-electron chi connectivity index (χ1n) is 7.58. The average Bonchev–Trinajstić information content (AvgIpc) is 2.44. The summed E-state index contributed by atoms with van der Waals surface area (Å²) in [5.74, 6) is -0.383. The molecule has 0 saturated carbocycles. The van der Waals surface area contributed by atoms with E-state index in [9.17, 15) is 9.59 Å². The molecule has 0 spiro atoms. The number of rotatable bonds is 6. The van der Waals surface area contributed by atoms with Gasteiger partial charge >= 0.3 is 12.1 Å². The van der Waals surface area contributed by atoms with Gasteiger partial charge in [-0.1, -0.05) is 30.3 Å². The van der Waals surface area contributed by atoms with Gasteiger partial charge in [-0.05, 0) is 39.7 Å². The third-order valence-corrected chi connectivity index (χ3v) is 2.95. The van der Waals surface area contributed by atoms with Crippen LogP contribution in [0.1, 0.15) is 33.3 Å². The number of nitrogens with one attached hydrogen (secondary N) is 2. The van der Waals surface area contributed by atoms with Crippen molar-refractivity contribution in [1.82, 2.24) is 10.6 Å². The molecule has 0 heterocycles. The minimum atomic E-state index is -0.574. The third kappa shape index (κ3) is 7.65. The highest BCUT2D eigenvalue weighted by molar-refractivity contribution is 5.76. The number of alkyl carbamates (subject to hydrolysis) is 1. The number of carbonyl (C=O) groups excluding carboxylic acids is 2. The first kappa shape index (κ1) is 19.0. The van der Waals surface area contributed by atoms with Gasteiger partial charge in [-0.15, -0.1) is 0 Å². The number of ether oxygens (including phenoxy) is 2. The van der Waals surface area contributed by atoms with Crippen LogP contribution in [-0.4, -0.2) is 37.0 Å². The molecule has 1 aromatic rings. The molecule has 128 valence electrons. The zero-order valence-electron chi connectivity index (χ0n) is 14.4. The zero-order valence-corrected chi connectivity index (χ0v) is 14.4. The molecule has 0 bridgehead atoms. The molecule has 0 aliphatic carbocycles. The molecular formula is C17H26N2O4. The van der Waals surface area contributed by atoms with Crippen LogP contribution < -0.4 is 10.6 Å². The van der Waals surface area contributed by atoms with Gasteiger partial charge in [-0.25, -0.2) is 4.79 Å². The van der Waals surface area contributed by atoms with Crippen LogP contribution >= 0.6 is 0 Å². The van der Waals surface area contributed by atoms with Crippen molar-refractivity contribution in [3.8, 4) is 0 Å². The van der Waals surface area contributed by atoms with Crippen molar-refractivity contribution in [2.75, 3.05) is 7.11 Å². The van der Waals surface area contributed by atoms with Crippen LogP contribution in [0.15, 0.2) is 30.3 Å². The summed E-state index contributed by atoms with van der Waals surface area (Å²) >= 11 is 0. The van der Waals surface area contributed by atoms with Gasteiger partial charge in [0.15, 0.2) is 0 Å². The van der Waals surface area contributed by atoms with Gasteiger partial charge in [0.25, 0.3) is 0 Å². The molecule has 2 N–H and O–H groups in total. The summed E-state index contributed by atoms with van der Waals surface area (Å²) in [5.41, 5.74) is 0.426. The predicted octanol–water partition coefficient (Wildman–Crippen LogP) is 2.23. The Hall–Kier alpha value is -2.08. The van der Waals surface area contributed by atoms with Crippen LogP contribution in [0.25, 0.3) is 0 Å². The number of hydrogen-bond donors (Lipinski definition) is 2. The molecule has 1 rings (SSSR count). The largest absolute Gasteiger partial charge is 0.468 e. The minimum absolute atomic E-state index is 0.383. The minimum Gasteiger partial charge on any atom is -0.468 e. The molecule has 1 aromatic carbocycles. The monoisotopic (exact) mass is 322 g/mol. The Morgan fingerprint density at radius 1 is 1.17 bits per heavy atom. The first-order chi connectivity index (χ1) is 10.7. The van der Waals surface area contributed by atoms with Crippen molar-refractivity contribution in [3.05, 3.63) is 35.9 Å². The van der Waals surface area contributed by atoms with E-state index < -0.39 is 23.9 Å². The van der Waals surface area contributed by atoms with Gasteiger partial charge < -0.3 is 14.8 Å². The molecule has 23 heavy (non-hydrogen) atoms. The predicted molar refractivity (Wildman–Crippen MR) is 87.9 cm³/mol. The molecule has 0 aliphatic rings. The van der Waals surface area contributed by atoms with E-state index in [0.29, 0.717) is 6.42 Å². The highest BCUT2D eigenvalue weighted by Gasteiger charge is 2.23. The maximum atomic E-state index is 11.9. The maximum absolute atomic E-state index is 11.9. The Labute approximate surface area is 137 Å². The lowest BCUT2D eigenvalue weighted by atomic mass is 10.1. The second-order valence-electron chi connectivity index (χ2n) is 6.30. The van der Waals surface area contributed by atoms with Crippen molar-refractivity contribution < 1.29 is 19.1 Å². The Balaban J connectivity index is 2.63. The second kappa shape index (κ2) is 8.53. The lowest BCUT2D eigenvalue weighted by molar-refractivity contribution is -0.143. The van der Waals surface area contributed by atoms with Crippen LogP contribution in [0, 0.1) is 0 Å². The first-order valence-corrected chi connectivity index (χ1v) is 7.58. The zero-order chi connectivity index (χ0) is 17.5. The third-order valence-electron chi connectivity index (χ3n) is 2.95. The van der Waals surface area contributed by atoms with Crippen molar-refractivity contribution in [3.63, 3.8) is 0 Å². The average molecular weight is 322 g/mol. The van der Waals surface area contributed by atoms with Crippen LogP contribution in [0.2, 0.25) is 0 Å². The van der Waals surface area contributed by atoms with Gasteiger partial charge in [-0.3, -0.25) is 10.1 Å². The van der Waals surface area contributed by atoms with E-state index in [4.69, 9.17) is 9.47 Å². The van der Waals surface area contributed by atoms with Gasteiger partial charge in [0, 0.05) is 0 Å². The number of esters is 1. The van der Waals surface area contributed by atoms with E-state index >= 15 is 0 Å². The van der Waals surface area contributed by atoms with Crippen LogP contribution in [-0.2, 0) is 20.7 Å². The highest BCUT2D eigenvalue weighted by atomic mass is 16.6. The van der Waals surface area contributed by atoms with Crippen molar-refractivity contribution in [1.29, 1.82) is 0 Å². The second-order valence-corrected chi connectivity index (χ2v) is 6.30. The van der Waals surface area contributed by atoms with Gasteiger partial charge in [0.1, 0.15) is 11.6 Å². The molecular weight excluding hydrogens is 296 g/mol. The fourth-order valence-corrected chi connectivity index (χ4v) is 2.03. The van der Waals surface area contributed by atoms with Crippen molar-refractivity contribution >= 4 is 12.1 Å². The number of amides is 1. The molecule has 0 radical (unpaired) electrons. The summed E-state index contributed by atoms with van der Waals surface area (Å²) in [6, 6.07) is 9.04. The van der Waals surface area contributed by atoms with Gasteiger partial charge in [0.2, 0.25) is 0 Å². The molecule has 0 aromatic heterocycles. The summed E-state index contributed by atoms with van der Waals surface area (Å²) in [6.45, 7) is 7.11. The number of hydrogen-bond acceptors (Lipinski definition) is 5. The van der Waals surface area contributed by atoms with E-state index in [-0.39, 0.29) is 5.97 Å². The molecule has 1 amide bonds. The number of methoxy groups -OCH3 is 1. The van der Waals surface area contributed by atoms with E-state index in [1.165, 1.54) is 7.11 Å². The molecule has 6 nitrogen and oxygen atoms in total. The SMILES string of the molecule is COC(=O)[C@H](Cc1ccccc1)NC(C)NC(=O)OC(C)(C)C. The molecule has 2 atom stereocenters. The normalized spacial score (nSPS) is 13.8. The van der Waals surface area contributed by atoms with Gasteiger partial charge in [-0.2, -0.15) is 0 Å². The van der Waals surface area contributed by atoms with Gasteiger partial charge in [0.05, 0.1) is 13.3 Å². The van der Waals surface area contributed by atoms with Crippen LogP contribution in [0.5, 0.6) is 0 Å². The smallest absolute Gasteiger partial charge is 0.408 e. The van der Waals surface area contributed by atoms with E-state index in [0.717, 1.165) is 5.56 Å². The quantitative estimate of drug-likeness (QED) is 0.620. The number of benzene rings is 1. The Bertz CT molecular complexity index is 511. The topological polar surface area (TPSA) is 76.7 Å². The fraction of sp³-hybridized carbons (Fsp3) is 0.529.